The maximum atomic E-state index is 8.69. The van der Waals surface area contributed by atoms with Crippen LogP contribution in [-0.2, 0) is 16.0 Å². The van der Waals surface area contributed by atoms with Gasteiger partial charge in [0.25, 0.3) is 0 Å². The monoisotopic (exact) mass is 258 g/mol. The lowest BCUT2D eigenvalue weighted by Crippen LogP contribution is -1.91. The summed E-state index contributed by atoms with van der Waals surface area (Å²) >= 11 is 3.44. The molecule has 1 aromatic rings. The van der Waals surface area contributed by atoms with E-state index in [1.165, 1.54) is 5.56 Å². The van der Waals surface area contributed by atoms with Gasteiger partial charge in [-0.3, -0.25) is 0 Å². The quantitative estimate of drug-likeness (QED) is 0.879. The molecule has 0 saturated carbocycles. The van der Waals surface area contributed by atoms with Crippen molar-refractivity contribution in [3.8, 4) is 0 Å². The molecule has 14 heavy (non-hydrogen) atoms. The van der Waals surface area contributed by atoms with Crippen LogP contribution < -0.4 is 0 Å². The Morgan fingerprint density at radius 1 is 1.43 bits per heavy atom. The largest absolute Gasteiger partial charge is 0.396 e. The number of aliphatic hydroxyl groups is 1. The normalized spacial score (nSPS) is 8.50. The van der Waals surface area contributed by atoms with Gasteiger partial charge in [0.1, 0.15) is 0 Å². The summed E-state index contributed by atoms with van der Waals surface area (Å²) in [6, 6.07) is 6.15. The average Bonchev–Trinajstić information content (AvgIpc) is 2.11. The van der Waals surface area contributed by atoms with Crippen molar-refractivity contribution in [2.45, 2.75) is 13.3 Å². The summed E-state index contributed by atoms with van der Waals surface area (Å²) in [7, 11) is 0. The molecule has 0 aromatic heterocycles. The number of aliphatic hydroxyl groups excluding tert-OH is 1. The van der Waals surface area contributed by atoms with Crippen molar-refractivity contribution in [2.24, 2.45) is 0 Å². The fourth-order valence-corrected chi connectivity index (χ4v) is 1.67. The van der Waals surface area contributed by atoms with Gasteiger partial charge in [0.2, 0.25) is 0 Å². The van der Waals surface area contributed by atoms with Crippen molar-refractivity contribution in [1.29, 1.82) is 0 Å². The van der Waals surface area contributed by atoms with Gasteiger partial charge in [-0.05, 0) is 30.5 Å². The zero-order chi connectivity index (χ0) is 11.0. The first kappa shape index (κ1) is 13.0. The van der Waals surface area contributed by atoms with Gasteiger partial charge < -0.3 is 5.11 Å². The second-order valence-corrected chi connectivity index (χ2v) is 3.51. The third kappa shape index (κ3) is 4.92. The lowest BCUT2D eigenvalue weighted by molar-refractivity contribution is -0.191. The van der Waals surface area contributed by atoms with Crippen molar-refractivity contribution < 1.29 is 14.7 Å². The van der Waals surface area contributed by atoms with Gasteiger partial charge >= 0.3 is 6.15 Å². The van der Waals surface area contributed by atoms with Crippen molar-refractivity contribution in [1.82, 2.24) is 0 Å². The van der Waals surface area contributed by atoms with Crippen LogP contribution in [0.15, 0.2) is 22.7 Å². The molecule has 0 amide bonds. The van der Waals surface area contributed by atoms with Crippen molar-refractivity contribution in [3.63, 3.8) is 0 Å². The molecule has 1 rings (SSSR count). The number of carbonyl (C=O) groups excluding carboxylic acids is 2. The molecule has 76 valence electrons. The van der Waals surface area contributed by atoms with E-state index >= 15 is 0 Å². The predicted molar refractivity (Wildman–Crippen MR) is 54.7 cm³/mol. The van der Waals surface area contributed by atoms with Crippen LogP contribution in [0.1, 0.15) is 11.1 Å². The van der Waals surface area contributed by atoms with Gasteiger partial charge in [0.05, 0.1) is 0 Å². The van der Waals surface area contributed by atoms with Gasteiger partial charge in [-0.15, -0.1) is 0 Å². The maximum absolute atomic E-state index is 8.69. The first-order valence-corrected chi connectivity index (χ1v) is 4.80. The Hall–Kier alpha value is -0.960. The summed E-state index contributed by atoms with van der Waals surface area (Å²) < 4.78 is 1.09. The Morgan fingerprint density at radius 3 is 2.43 bits per heavy atom. The van der Waals surface area contributed by atoms with Crippen LogP contribution in [0.5, 0.6) is 0 Å². The zero-order valence-electron chi connectivity index (χ0n) is 7.79. The van der Waals surface area contributed by atoms with E-state index in [9.17, 15) is 0 Å². The zero-order valence-corrected chi connectivity index (χ0v) is 9.37. The molecule has 1 aromatic carbocycles. The van der Waals surface area contributed by atoms with Crippen molar-refractivity contribution in [3.05, 3.63) is 33.8 Å². The van der Waals surface area contributed by atoms with Crippen LogP contribution in [0, 0.1) is 6.92 Å². The fraction of sp³-hybridized carbons (Fsp3) is 0.300. The van der Waals surface area contributed by atoms with Gasteiger partial charge in [0, 0.05) is 11.1 Å². The molecule has 0 radical (unpaired) electrons. The maximum Gasteiger partial charge on any atom is 0.373 e. The smallest absolute Gasteiger partial charge is 0.373 e. The first-order chi connectivity index (χ1) is 6.65. The molecule has 4 heteroatoms. The van der Waals surface area contributed by atoms with E-state index in [-0.39, 0.29) is 12.8 Å². The van der Waals surface area contributed by atoms with Crippen molar-refractivity contribution in [2.75, 3.05) is 6.61 Å². The summed E-state index contributed by atoms with van der Waals surface area (Å²) in [5, 5.41) is 8.69. The number of halogens is 1. The Kier molecular flexibility index (Phi) is 6.93. The Morgan fingerprint density at radius 2 is 2.00 bits per heavy atom. The van der Waals surface area contributed by atoms with E-state index in [1.54, 1.807) is 0 Å². The molecule has 0 unspecified atom stereocenters. The highest BCUT2D eigenvalue weighted by Gasteiger charge is 1.97. The van der Waals surface area contributed by atoms with Crippen LogP contribution in [0.4, 0.5) is 0 Å². The topological polar surface area (TPSA) is 54.4 Å². The summed E-state index contributed by atoms with van der Waals surface area (Å²) in [5.74, 6) is 0. The first-order valence-electron chi connectivity index (χ1n) is 4.01. The summed E-state index contributed by atoms with van der Waals surface area (Å²) in [6.45, 7) is 2.26. The lowest BCUT2D eigenvalue weighted by Gasteiger charge is -2.02. The van der Waals surface area contributed by atoms with Crippen LogP contribution in [0.2, 0.25) is 0 Å². The summed E-state index contributed by atoms with van der Waals surface area (Å²) in [6.07, 6.45) is 0.973. The minimum atomic E-state index is 0.210. The SMILES string of the molecule is Cc1ccc(CCO)c(Br)c1.O=C=O. The van der Waals surface area contributed by atoms with E-state index in [0.29, 0.717) is 0 Å². The molecule has 0 bridgehead atoms. The summed E-state index contributed by atoms with van der Waals surface area (Å²) in [5.41, 5.74) is 2.40. The molecule has 0 aliphatic carbocycles. The highest BCUT2D eigenvalue weighted by molar-refractivity contribution is 9.10. The molecule has 1 N–H and O–H groups in total. The highest BCUT2D eigenvalue weighted by Crippen LogP contribution is 2.18. The average molecular weight is 259 g/mol. The molecule has 0 saturated heterocycles. The van der Waals surface area contributed by atoms with Gasteiger partial charge in [-0.1, -0.05) is 28.1 Å². The Balaban J connectivity index is 0.000000500. The standard InChI is InChI=1S/C9H11BrO.CO2/c1-7-2-3-8(4-5-11)9(10)6-7;2-1-3/h2-3,6,11H,4-5H2,1H3;. The lowest BCUT2D eigenvalue weighted by atomic mass is 10.1. The molecule has 0 fully saturated rings. The van der Waals surface area contributed by atoms with Gasteiger partial charge in [-0.25, -0.2) is 0 Å². The predicted octanol–water partition coefficient (Wildman–Crippen LogP) is 1.71. The molecule has 0 aliphatic heterocycles. The molecule has 0 spiro atoms. The molecule has 0 aliphatic rings. The molecular formula is C10H11BrO3. The Bertz CT molecular complexity index is 317. The summed E-state index contributed by atoms with van der Waals surface area (Å²) in [4.78, 5) is 16.2. The minimum Gasteiger partial charge on any atom is -0.396 e. The number of rotatable bonds is 2. The van der Waals surface area contributed by atoms with Crippen LogP contribution in [0.25, 0.3) is 0 Å². The van der Waals surface area contributed by atoms with Gasteiger partial charge in [-0.2, -0.15) is 9.59 Å². The minimum absolute atomic E-state index is 0.210. The molecule has 0 atom stereocenters. The van der Waals surface area contributed by atoms with Gasteiger partial charge in [0.15, 0.2) is 0 Å². The molecule has 0 heterocycles. The van der Waals surface area contributed by atoms with E-state index in [1.807, 2.05) is 13.0 Å². The number of hydrogen-bond acceptors (Lipinski definition) is 3. The van der Waals surface area contributed by atoms with E-state index in [4.69, 9.17) is 14.7 Å². The second-order valence-electron chi connectivity index (χ2n) is 2.65. The van der Waals surface area contributed by atoms with Crippen LogP contribution in [0.3, 0.4) is 0 Å². The second kappa shape index (κ2) is 7.44. The molecular weight excluding hydrogens is 248 g/mol. The van der Waals surface area contributed by atoms with E-state index in [2.05, 4.69) is 28.1 Å². The molecule has 3 nitrogen and oxygen atoms in total. The Labute approximate surface area is 90.9 Å². The van der Waals surface area contributed by atoms with Crippen LogP contribution in [-0.4, -0.2) is 17.9 Å². The number of benzene rings is 1. The third-order valence-corrected chi connectivity index (χ3v) is 2.33. The van der Waals surface area contributed by atoms with E-state index < -0.39 is 0 Å². The van der Waals surface area contributed by atoms with Crippen LogP contribution >= 0.6 is 15.9 Å². The third-order valence-electron chi connectivity index (χ3n) is 1.59. The number of aryl methyl sites for hydroxylation is 1. The van der Waals surface area contributed by atoms with E-state index in [0.717, 1.165) is 16.5 Å². The number of hydrogen-bond donors (Lipinski definition) is 1. The fourth-order valence-electron chi connectivity index (χ4n) is 0.976. The van der Waals surface area contributed by atoms with Crippen molar-refractivity contribution >= 4 is 22.1 Å². The highest BCUT2D eigenvalue weighted by atomic mass is 79.9.